The second-order valence-electron chi connectivity index (χ2n) is 4.41. The van der Waals surface area contributed by atoms with Crippen LogP contribution >= 0.6 is 43.5 Å². The molecule has 0 fully saturated rings. The molecule has 100 valence electrons. The zero-order valence-corrected chi connectivity index (χ0v) is 14.3. The Bertz CT molecular complexity index is 599. The minimum atomic E-state index is -0.559. The van der Waals surface area contributed by atoms with Crippen molar-refractivity contribution < 1.29 is 5.11 Å². The van der Waals surface area contributed by atoms with E-state index in [4.69, 9.17) is 11.6 Å². The predicted octanol–water partition coefficient (Wildman–Crippen LogP) is 5.45. The lowest BCUT2D eigenvalue weighted by Gasteiger charge is -2.15. The van der Waals surface area contributed by atoms with Gasteiger partial charge in [-0.3, -0.25) is 0 Å². The standard InChI is InChI=1S/C15H13Br2ClO/c1-9-12(3-2-4-13(9)17)15(19)7-10-5-6-11(16)8-14(10)18/h2-6,8,15,19H,7H2,1H3. The molecule has 0 spiro atoms. The summed E-state index contributed by atoms with van der Waals surface area (Å²) < 4.78 is 1.94. The minimum absolute atomic E-state index is 0.503. The molecule has 1 N–H and O–H groups in total. The highest BCUT2D eigenvalue weighted by molar-refractivity contribution is 9.10. The van der Waals surface area contributed by atoms with E-state index >= 15 is 0 Å². The molecule has 1 nitrogen and oxygen atoms in total. The van der Waals surface area contributed by atoms with Gasteiger partial charge in [0.05, 0.1) is 6.10 Å². The number of hydrogen-bond acceptors (Lipinski definition) is 1. The fraction of sp³-hybridized carbons (Fsp3) is 0.200. The third-order valence-electron chi connectivity index (χ3n) is 3.10. The number of benzene rings is 2. The van der Waals surface area contributed by atoms with Crippen LogP contribution in [-0.4, -0.2) is 5.11 Å². The predicted molar refractivity (Wildman–Crippen MR) is 86.7 cm³/mol. The Morgan fingerprint density at radius 1 is 1.21 bits per heavy atom. The summed E-state index contributed by atoms with van der Waals surface area (Å²) in [6.07, 6.45) is -0.0557. The van der Waals surface area contributed by atoms with Crippen molar-refractivity contribution in [2.75, 3.05) is 0 Å². The molecule has 2 aromatic carbocycles. The third kappa shape index (κ3) is 3.60. The Kier molecular flexibility index (Phi) is 5.07. The minimum Gasteiger partial charge on any atom is -0.388 e. The quantitative estimate of drug-likeness (QED) is 0.721. The summed E-state index contributed by atoms with van der Waals surface area (Å²) in [7, 11) is 0. The van der Waals surface area contributed by atoms with Crippen molar-refractivity contribution in [2.24, 2.45) is 0 Å². The third-order valence-corrected chi connectivity index (χ3v) is 4.80. The molecule has 0 aliphatic heterocycles. The number of aliphatic hydroxyl groups excluding tert-OH is 1. The Morgan fingerprint density at radius 2 is 1.95 bits per heavy atom. The van der Waals surface area contributed by atoms with Crippen molar-refractivity contribution in [2.45, 2.75) is 19.4 Å². The first-order valence-corrected chi connectivity index (χ1v) is 7.82. The first-order chi connectivity index (χ1) is 8.99. The van der Waals surface area contributed by atoms with E-state index in [1.165, 1.54) is 0 Å². The van der Waals surface area contributed by atoms with Gasteiger partial charge in [-0.05, 0) is 41.8 Å². The monoisotopic (exact) mass is 402 g/mol. The Hall–Kier alpha value is -0.350. The van der Waals surface area contributed by atoms with Crippen LogP contribution < -0.4 is 0 Å². The highest BCUT2D eigenvalue weighted by atomic mass is 79.9. The molecule has 2 aromatic rings. The maximum Gasteiger partial charge on any atom is 0.0833 e. The van der Waals surface area contributed by atoms with E-state index in [2.05, 4.69) is 31.9 Å². The summed E-state index contributed by atoms with van der Waals surface area (Å²) in [5, 5.41) is 11.0. The summed E-state index contributed by atoms with van der Waals surface area (Å²) in [5.74, 6) is 0. The highest BCUT2D eigenvalue weighted by Gasteiger charge is 2.14. The normalized spacial score (nSPS) is 12.5. The molecule has 1 unspecified atom stereocenters. The van der Waals surface area contributed by atoms with Crippen LogP contribution in [0.15, 0.2) is 45.3 Å². The topological polar surface area (TPSA) is 20.2 Å². The van der Waals surface area contributed by atoms with E-state index in [0.29, 0.717) is 11.4 Å². The summed E-state index contributed by atoms with van der Waals surface area (Å²) in [6, 6.07) is 11.6. The summed E-state index contributed by atoms with van der Waals surface area (Å²) in [5.41, 5.74) is 2.92. The summed E-state index contributed by atoms with van der Waals surface area (Å²) >= 11 is 13.0. The van der Waals surface area contributed by atoms with Crippen molar-refractivity contribution >= 4 is 43.5 Å². The van der Waals surface area contributed by atoms with Crippen LogP contribution in [0.25, 0.3) is 0 Å². The first kappa shape index (κ1) is 15.0. The molecule has 1 atom stereocenters. The smallest absolute Gasteiger partial charge is 0.0833 e. The number of rotatable bonds is 3. The van der Waals surface area contributed by atoms with Gasteiger partial charge < -0.3 is 5.11 Å². The average Bonchev–Trinajstić information content (AvgIpc) is 2.36. The largest absolute Gasteiger partial charge is 0.388 e. The van der Waals surface area contributed by atoms with E-state index in [1.807, 2.05) is 43.3 Å². The number of aliphatic hydroxyl groups is 1. The van der Waals surface area contributed by atoms with Crippen LogP contribution in [0.1, 0.15) is 22.8 Å². The average molecular weight is 405 g/mol. The molecule has 0 aromatic heterocycles. The van der Waals surface area contributed by atoms with Crippen LogP contribution in [0.3, 0.4) is 0 Å². The summed E-state index contributed by atoms with van der Waals surface area (Å²) in [6.45, 7) is 1.99. The SMILES string of the molecule is Cc1c(Br)cccc1C(O)Cc1ccc(Br)cc1Cl. The molecule has 0 saturated heterocycles. The van der Waals surface area contributed by atoms with Gasteiger partial charge in [-0.15, -0.1) is 0 Å². The molecule has 0 aliphatic carbocycles. The van der Waals surface area contributed by atoms with Crippen LogP contribution in [0.2, 0.25) is 5.02 Å². The Morgan fingerprint density at radius 3 is 2.63 bits per heavy atom. The van der Waals surface area contributed by atoms with Crippen molar-refractivity contribution in [1.29, 1.82) is 0 Å². The lowest BCUT2D eigenvalue weighted by molar-refractivity contribution is 0.177. The molecule has 0 heterocycles. The van der Waals surface area contributed by atoms with Crippen molar-refractivity contribution in [1.82, 2.24) is 0 Å². The molecule has 2 rings (SSSR count). The second kappa shape index (κ2) is 6.40. The summed E-state index contributed by atoms with van der Waals surface area (Å²) in [4.78, 5) is 0. The Labute approximate surface area is 134 Å². The maximum atomic E-state index is 10.4. The second-order valence-corrected chi connectivity index (χ2v) is 6.59. The zero-order valence-electron chi connectivity index (χ0n) is 10.3. The van der Waals surface area contributed by atoms with Gasteiger partial charge in [-0.25, -0.2) is 0 Å². The lowest BCUT2D eigenvalue weighted by Crippen LogP contribution is -2.04. The maximum absolute atomic E-state index is 10.4. The van der Waals surface area contributed by atoms with Crippen LogP contribution in [-0.2, 0) is 6.42 Å². The van der Waals surface area contributed by atoms with E-state index in [9.17, 15) is 5.11 Å². The van der Waals surface area contributed by atoms with Gasteiger partial charge in [0.15, 0.2) is 0 Å². The van der Waals surface area contributed by atoms with Gasteiger partial charge >= 0.3 is 0 Å². The number of halogens is 3. The molecule has 19 heavy (non-hydrogen) atoms. The first-order valence-electron chi connectivity index (χ1n) is 5.86. The molecule has 0 radical (unpaired) electrons. The lowest BCUT2D eigenvalue weighted by atomic mass is 9.98. The van der Waals surface area contributed by atoms with E-state index in [1.54, 1.807) is 0 Å². The van der Waals surface area contributed by atoms with Crippen molar-refractivity contribution in [3.05, 3.63) is 67.1 Å². The van der Waals surface area contributed by atoms with Crippen molar-refractivity contribution in [3.63, 3.8) is 0 Å². The van der Waals surface area contributed by atoms with Gasteiger partial charge in [-0.2, -0.15) is 0 Å². The molecule has 0 saturated carbocycles. The van der Waals surface area contributed by atoms with Crippen molar-refractivity contribution in [3.8, 4) is 0 Å². The van der Waals surface area contributed by atoms with Gasteiger partial charge in [-0.1, -0.05) is 61.7 Å². The van der Waals surface area contributed by atoms with E-state index in [-0.39, 0.29) is 0 Å². The van der Waals surface area contributed by atoms with Crippen LogP contribution in [0, 0.1) is 6.92 Å². The molecule has 0 amide bonds. The number of hydrogen-bond donors (Lipinski definition) is 1. The Balaban J connectivity index is 2.25. The van der Waals surface area contributed by atoms with Crippen LogP contribution in [0.4, 0.5) is 0 Å². The molecular weight excluding hydrogens is 391 g/mol. The van der Waals surface area contributed by atoms with E-state index < -0.39 is 6.10 Å². The van der Waals surface area contributed by atoms with Gasteiger partial charge in [0.25, 0.3) is 0 Å². The van der Waals surface area contributed by atoms with Gasteiger partial charge in [0.1, 0.15) is 0 Å². The van der Waals surface area contributed by atoms with E-state index in [0.717, 1.165) is 25.6 Å². The fourth-order valence-electron chi connectivity index (χ4n) is 1.99. The van der Waals surface area contributed by atoms with Gasteiger partial charge in [0.2, 0.25) is 0 Å². The molecule has 0 aliphatic rings. The molecule has 0 bridgehead atoms. The van der Waals surface area contributed by atoms with Gasteiger partial charge in [0, 0.05) is 20.4 Å². The fourth-order valence-corrected chi connectivity index (χ4v) is 3.12. The zero-order chi connectivity index (χ0) is 14.0. The highest BCUT2D eigenvalue weighted by Crippen LogP contribution is 2.29. The molecular formula is C15H13Br2ClO. The molecule has 4 heteroatoms. The van der Waals surface area contributed by atoms with Crippen LogP contribution in [0.5, 0.6) is 0 Å².